The number of anilines is 1. The SMILES string of the molecule is O=C1Nc2cc(Sc3nc4ccccc4s3)ccc2C1O. The van der Waals surface area contributed by atoms with Crippen LogP contribution in [0.25, 0.3) is 10.2 Å². The Hall–Kier alpha value is -1.89. The number of hydrogen-bond donors (Lipinski definition) is 2. The van der Waals surface area contributed by atoms with Gasteiger partial charge in [-0.15, -0.1) is 11.3 Å². The zero-order valence-corrected chi connectivity index (χ0v) is 12.4. The van der Waals surface area contributed by atoms with Crippen molar-refractivity contribution >= 4 is 44.9 Å². The maximum atomic E-state index is 11.4. The second kappa shape index (κ2) is 4.84. The van der Waals surface area contributed by atoms with E-state index in [1.54, 1.807) is 29.2 Å². The molecule has 1 aliphatic rings. The number of aliphatic hydroxyl groups is 1. The van der Waals surface area contributed by atoms with Crippen LogP contribution in [0.1, 0.15) is 11.7 Å². The summed E-state index contributed by atoms with van der Waals surface area (Å²) in [6.45, 7) is 0. The molecule has 1 unspecified atom stereocenters. The second-order valence-corrected chi connectivity index (χ2v) is 7.04. The van der Waals surface area contributed by atoms with Crippen LogP contribution in [0.15, 0.2) is 51.7 Å². The molecule has 4 nitrogen and oxygen atoms in total. The Labute approximate surface area is 128 Å². The number of aromatic nitrogens is 1. The molecule has 0 saturated carbocycles. The summed E-state index contributed by atoms with van der Waals surface area (Å²) in [5.41, 5.74) is 2.31. The zero-order chi connectivity index (χ0) is 14.4. The quantitative estimate of drug-likeness (QED) is 0.760. The molecule has 0 aliphatic carbocycles. The molecule has 0 radical (unpaired) electrons. The number of thiazole rings is 1. The molecule has 1 amide bonds. The van der Waals surface area contributed by atoms with Crippen molar-refractivity contribution in [2.24, 2.45) is 0 Å². The Morgan fingerprint density at radius 1 is 1.24 bits per heavy atom. The highest BCUT2D eigenvalue weighted by molar-refractivity contribution is 8.01. The maximum absolute atomic E-state index is 11.4. The summed E-state index contributed by atoms with van der Waals surface area (Å²) in [6.07, 6.45) is -1.05. The predicted molar refractivity (Wildman–Crippen MR) is 83.8 cm³/mol. The van der Waals surface area contributed by atoms with E-state index < -0.39 is 6.10 Å². The first-order valence-electron chi connectivity index (χ1n) is 6.37. The minimum atomic E-state index is -1.05. The third kappa shape index (κ3) is 2.21. The van der Waals surface area contributed by atoms with Crippen LogP contribution in [0.3, 0.4) is 0 Å². The van der Waals surface area contributed by atoms with Gasteiger partial charge in [-0.1, -0.05) is 30.0 Å². The van der Waals surface area contributed by atoms with Gasteiger partial charge in [0, 0.05) is 16.1 Å². The summed E-state index contributed by atoms with van der Waals surface area (Å²) < 4.78 is 2.12. The Balaban J connectivity index is 1.66. The third-order valence-electron chi connectivity index (χ3n) is 3.30. The number of carbonyl (C=O) groups excluding carboxylic acids is 1. The van der Waals surface area contributed by atoms with Crippen molar-refractivity contribution in [3.63, 3.8) is 0 Å². The summed E-state index contributed by atoms with van der Waals surface area (Å²) in [4.78, 5) is 17.0. The molecule has 2 aromatic carbocycles. The fourth-order valence-corrected chi connectivity index (χ4v) is 4.36. The number of carbonyl (C=O) groups is 1. The molecule has 3 aromatic rings. The van der Waals surface area contributed by atoms with Gasteiger partial charge in [0.25, 0.3) is 5.91 Å². The van der Waals surface area contributed by atoms with E-state index >= 15 is 0 Å². The molecular weight excluding hydrogens is 304 g/mol. The topological polar surface area (TPSA) is 62.2 Å². The number of fused-ring (bicyclic) bond motifs is 2. The molecule has 6 heteroatoms. The Bertz CT molecular complexity index is 827. The van der Waals surface area contributed by atoms with Crippen LogP contribution in [-0.2, 0) is 4.79 Å². The van der Waals surface area contributed by atoms with E-state index in [1.165, 1.54) is 0 Å². The van der Waals surface area contributed by atoms with Crippen LogP contribution in [0.4, 0.5) is 5.69 Å². The number of rotatable bonds is 2. The molecule has 0 spiro atoms. The Morgan fingerprint density at radius 3 is 2.95 bits per heavy atom. The fraction of sp³-hybridized carbons (Fsp3) is 0.0667. The van der Waals surface area contributed by atoms with Gasteiger partial charge in [0.15, 0.2) is 10.4 Å². The minimum absolute atomic E-state index is 0.368. The lowest BCUT2D eigenvalue weighted by Gasteiger charge is -2.02. The first kappa shape index (κ1) is 12.8. The number of nitrogens with one attached hydrogen (secondary N) is 1. The van der Waals surface area contributed by atoms with E-state index in [1.807, 2.05) is 30.3 Å². The van der Waals surface area contributed by atoms with E-state index in [4.69, 9.17) is 0 Å². The molecule has 1 atom stereocenters. The molecule has 2 N–H and O–H groups in total. The van der Waals surface area contributed by atoms with Crippen LogP contribution in [0.2, 0.25) is 0 Å². The fourth-order valence-electron chi connectivity index (χ4n) is 2.28. The van der Waals surface area contributed by atoms with Crippen molar-refractivity contribution in [2.45, 2.75) is 15.3 Å². The van der Waals surface area contributed by atoms with Crippen molar-refractivity contribution in [2.75, 3.05) is 5.32 Å². The molecule has 0 fully saturated rings. The Morgan fingerprint density at radius 2 is 2.10 bits per heavy atom. The van der Waals surface area contributed by atoms with E-state index in [0.717, 1.165) is 19.5 Å². The summed E-state index contributed by atoms with van der Waals surface area (Å²) in [5, 5.41) is 12.4. The lowest BCUT2D eigenvalue weighted by Crippen LogP contribution is -2.10. The van der Waals surface area contributed by atoms with Crippen molar-refractivity contribution in [1.29, 1.82) is 0 Å². The van der Waals surface area contributed by atoms with E-state index in [-0.39, 0.29) is 5.91 Å². The molecule has 0 saturated heterocycles. The Kier molecular flexibility index (Phi) is 2.95. The number of benzene rings is 2. The largest absolute Gasteiger partial charge is 0.378 e. The number of hydrogen-bond acceptors (Lipinski definition) is 5. The molecule has 1 aromatic heterocycles. The monoisotopic (exact) mass is 314 g/mol. The van der Waals surface area contributed by atoms with Crippen molar-refractivity contribution < 1.29 is 9.90 Å². The van der Waals surface area contributed by atoms with Crippen molar-refractivity contribution in [3.05, 3.63) is 48.0 Å². The summed E-state index contributed by atoms with van der Waals surface area (Å²) in [7, 11) is 0. The van der Waals surface area contributed by atoms with E-state index in [9.17, 15) is 9.90 Å². The standard InChI is InChI=1S/C15H10N2O2S2/c18-13-9-6-5-8(7-11(9)16-14(13)19)20-15-17-10-3-1-2-4-12(10)21-15/h1-7,13,18H,(H,16,19). The van der Waals surface area contributed by atoms with E-state index in [2.05, 4.69) is 16.4 Å². The summed E-state index contributed by atoms with van der Waals surface area (Å²) in [5.74, 6) is -0.368. The summed E-state index contributed by atoms with van der Waals surface area (Å²) in [6, 6.07) is 13.6. The number of nitrogens with zero attached hydrogens (tertiary/aromatic N) is 1. The van der Waals surface area contributed by atoms with Crippen LogP contribution in [0, 0.1) is 0 Å². The van der Waals surface area contributed by atoms with Crippen LogP contribution in [0.5, 0.6) is 0 Å². The zero-order valence-electron chi connectivity index (χ0n) is 10.7. The van der Waals surface area contributed by atoms with Gasteiger partial charge in [0.05, 0.1) is 10.2 Å². The highest BCUT2D eigenvalue weighted by atomic mass is 32.2. The molecule has 104 valence electrons. The highest BCUT2D eigenvalue weighted by Crippen LogP contribution is 2.38. The smallest absolute Gasteiger partial charge is 0.257 e. The van der Waals surface area contributed by atoms with Gasteiger partial charge in [-0.3, -0.25) is 4.79 Å². The van der Waals surface area contributed by atoms with Crippen LogP contribution >= 0.6 is 23.1 Å². The molecule has 1 aliphatic heterocycles. The molecule has 2 heterocycles. The molecule has 0 bridgehead atoms. The lowest BCUT2D eigenvalue weighted by atomic mass is 10.1. The molecule has 4 rings (SSSR count). The highest BCUT2D eigenvalue weighted by Gasteiger charge is 2.28. The van der Waals surface area contributed by atoms with E-state index in [0.29, 0.717) is 11.3 Å². The average molecular weight is 314 g/mol. The first-order chi connectivity index (χ1) is 10.2. The van der Waals surface area contributed by atoms with Crippen LogP contribution in [-0.4, -0.2) is 16.0 Å². The summed E-state index contributed by atoms with van der Waals surface area (Å²) >= 11 is 3.20. The van der Waals surface area contributed by atoms with Crippen molar-refractivity contribution in [3.8, 4) is 0 Å². The molecular formula is C15H10N2O2S2. The minimum Gasteiger partial charge on any atom is -0.378 e. The maximum Gasteiger partial charge on any atom is 0.257 e. The lowest BCUT2D eigenvalue weighted by molar-refractivity contribution is -0.123. The second-order valence-electron chi connectivity index (χ2n) is 4.69. The third-order valence-corrected chi connectivity index (χ3v) is 5.39. The predicted octanol–water partition coefficient (Wildman–Crippen LogP) is 3.43. The van der Waals surface area contributed by atoms with Gasteiger partial charge in [-0.25, -0.2) is 4.98 Å². The molecule has 21 heavy (non-hydrogen) atoms. The van der Waals surface area contributed by atoms with Crippen molar-refractivity contribution in [1.82, 2.24) is 4.98 Å². The van der Waals surface area contributed by atoms with Gasteiger partial charge in [0.1, 0.15) is 0 Å². The van der Waals surface area contributed by atoms with Gasteiger partial charge >= 0.3 is 0 Å². The van der Waals surface area contributed by atoms with Gasteiger partial charge in [-0.05, 0) is 24.3 Å². The number of aliphatic hydroxyl groups excluding tert-OH is 1. The van der Waals surface area contributed by atoms with Crippen LogP contribution < -0.4 is 5.32 Å². The van der Waals surface area contributed by atoms with Gasteiger partial charge < -0.3 is 10.4 Å². The average Bonchev–Trinajstić information content (AvgIpc) is 3.00. The normalized spacial score (nSPS) is 17.0. The van der Waals surface area contributed by atoms with Gasteiger partial charge in [0.2, 0.25) is 0 Å². The van der Waals surface area contributed by atoms with Gasteiger partial charge in [-0.2, -0.15) is 0 Å². The number of para-hydroxylation sites is 1. The first-order valence-corrected chi connectivity index (χ1v) is 8.00. The number of amides is 1.